The second kappa shape index (κ2) is 7.70. The van der Waals surface area contributed by atoms with Gasteiger partial charge in [0, 0.05) is 0 Å². The van der Waals surface area contributed by atoms with Gasteiger partial charge in [-0.1, -0.05) is 67.9 Å². The predicted molar refractivity (Wildman–Crippen MR) is 109 cm³/mol. The van der Waals surface area contributed by atoms with Crippen molar-refractivity contribution in [3.05, 3.63) is 71.3 Å². The van der Waals surface area contributed by atoms with E-state index in [1.54, 1.807) is 0 Å². The van der Waals surface area contributed by atoms with Crippen molar-refractivity contribution in [1.82, 2.24) is 15.5 Å². The molecule has 0 saturated carbocycles. The number of hydrogen-bond donors (Lipinski definition) is 2. The summed E-state index contributed by atoms with van der Waals surface area (Å²) in [4.78, 5) is 39.5. The molecule has 2 N–H and O–H groups in total. The number of nitrogens with one attached hydrogen (secondary N) is 2. The molecule has 1 aliphatic carbocycles. The second-order valence-corrected chi connectivity index (χ2v) is 7.70. The van der Waals surface area contributed by atoms with Crippen LogP contribution in [0.1, 0.15) is 48.9 Å². The molecule has 2 aromatic carbocycles. The Labute approximate surface area is 170 Å². The van der Waals surface area contributed by atoms with Gasteiger partial charge in [-0.3, -0.25) is 14.5 Å². The first-order valence-corrected chi connectivity index (χ1v) is 10.1. The maximum absolute atomic E-state index is 13.2. The lowest BCUT2D eigenvalue weighted by Crippen LogP contribution is -2.44. The summed E-state index contributed by atoms with van der Waals surface area (Å²) in [6, 6.07) is 16.8. The Morgan fingerprint density at radius 2 is 1.86 bits per heavy atom. The van der Waals surface area contributed by atoms with E-state index in [9.17, 15) is 14.4 Å². The molecule has 4 rings (SSSR count). The van der Waals surface area contributed by atoms with Gasteiger partial charge in [-0.25, -0.2) is 4.79 Å². The molecular weight excluding hydrogens is 366 g/mol. The van der Waals surface area contributed by atoms with Crippen LogP contribution in [-0.4, -0.2) is 29.3 Å². The number of carbonyl (C=O) groups excluding carboxylic acids is 3. The average molecular weight is 391 g/mol. The normalized spacial score (nSPS) is 21.2. The Morgan fingerprint density at radius 3 is 2.62 bits per heavy atom. The van der Waals surface area contributed by atoms with Gasteiger partial charge in [-0.15, -0.1) is 0 Å². The molecular formula is C23H25N3O3. The summed E-state index contributed by atoms with van der Waals surface area (Å²) in [7, 11) is 0. The number of carbonyl (C=O) groups is 3. The topological polar surface area (TPSA) is 78.5 Å². The Hall–Kier alpha value is -3.15. The average Bonchev–Trinajstić information content (AvgIpc) is 3.22. The summed E-state index contributed by atoms with van der Waals surface area (Å²) in [5, 5.41) is 5.85. The zero-order valence-electron chi connectivity index (χ0n) is 16.5. The molecule has 2 aliphatic rings. The maximum atomic E-state index is 13.2. The molecule has 0 aromatic heterocycles. The van der Waals surface area contributed by atoms with Crippen molar-refractivity contribution in [1.29, 1.82) is 0 Å². The number of rotatable bonds is 6. The van der Waals surface area contributed by atoms with Gasteiger partial charge in [0.05, 0.1) is 6.04 Å². The number of hydrogen-bond acceptors (Lipinski definition) is 3. The Balaban J connectivity index is 1.49. The molecule has 150 valence electrons. The summed E-state index contributed by atoms with van der Waals surface area (Å²) in [5.74, 6) is -0.673. The molecule has 0 bridgehead atoms. The highest BCUT2D eigenvalue weighted by molar-refractivity contribution is 6.09. The summed E-state index contributed by atoms with van der Waals surface area (Å²) in [6.07, 6.45) is 2.95. The van der Waals surface area contributed by atoms with Crippen molar-refractivity contribution in [3.63, 3.8) is 0 Å². The molecule has 2 atom stereocenters. The fourth-order valence-electron chi connectivity index (χ4n) is 4.41. The lowest BCUT2D eigenvalue weighted by Gasteiger charge is -2.23. The number of amides is 4. The largest absolute Gasteiger partial charge is 0.348 e. The summed E-state index contributed by atoms with van der Waals surface area (Å²) in [6.45, 7) is 1.78. The van der Waals surface area contributed by atoms with Crippen molar-refractivity contribution in [2.45, 2.75) is 44.2 Å². The van der Waals surface area contributed by atoms with Gasteiger partial charge < -0.3 is 10.6 Å². The predicted octanol–water partition coefficient (Wildman–Crippen LogP) is 3.04. The van der Waals surface area contributed by atoms with Gasteiger partial charge in [0.2, 0.25) is 5.91 Å². The smallest absolute Gasteiger partial charge is 0.325 e. The van der Waals surface area contributed by atoms with E-state index in [1.807, 2.05) is 54.6 Å². The monoisotopic (exact) mass is 391 g/mol. The van der Waals surface area contributed by atoms with Crippen molar-refractivity contribution >= 4 is 17.8 Å². The minimum Gasteiger partial charge on any atom is -0.348 e. The number of benzene rings is 2. The molecule has 1 spiro atoms. The SMILES string of the molecule is CCCC(NC(=O)CN1C(=O)NC2(CCc3ccccc32)C1=O)c1ccccc1. The fraction of sp³-hybridized carbons (Fsp3) is 0.348. The van der Waals surface area contributed by atoms with Gasteiger partial charge in [-0.2, -0.15) is 0 Å². The van der Waals surface area contributed by atoms with Crippen molar-refractivity contribution in [3.8, 4) is 0 Å². The highest BCUT2D eigenvalue weighted by atomic mass is 16.2. The summed E-state index contributed by atoms with van der Waals surface area (Å²) >= 11 is 0. The van der Waals surface area contributed by atoms with Crippen LogP contribution in [0.3, 0.4) is 0 Å². The Kier molecular flexibility index (Phi) is 5.09. The quantitative estimate of drug-likeness (QED) is 0.743. The molecule has 6 heteroatoms. The zero-order valence-corrected chi connectivity index (χ0v) is 16.5. The van der Waals surface area contributed by atoms with Crippen molar-refractivity contribution in [2.75, 3.05) is 6.54 Å². The Morgan fingerprint density at radius 1 is 1.14 bits per heavy atom. The highest BCUT2D eigenvalue weighted by Crippen LogP contribution is 2.41. The van der Waals surface area contributed by atoms with Crippen LogP contribution in [0, 0.1) is 0 Å². The molecule has 2 aromatic rings. The molecule has 2 unspecified atom stereocenters. The third-order valence-corrected chi connectivity index (χ3v) is 5.84. The third-order valence-electron chi connectivity index (χ3n) is 5.84. The van der Waals surface area contributed by atoms with E-state index < -0.39 is 11.6 Å². The zero-order chi connectivity index (χ0) is 20.4. The van der Waals surface area contributed by atoms with E-state index in [-0.39, 0.29) is 24.4 Å². The second-order valence-electron chi connectivity index (χ2n) is 7.70. The minimum atomic E-state index is -1.03. The molecule has 1 heterocycles. The van der Waals surface area contributed by atoms with E-state index in [0.717, 1.165) is 40.9 Å². The summed E-state index contributed by atoms with van der Waals surface area (Å²) in [5.41, 5.74) is 1.89. The van der Waals surface area contributed by atoms with E-state index >= 15 is 0 Å². The van der Waals surface area contributed by atoms with Gasteiger partial charge in [-0.05, 0) is 36.0 Å². The van der Waals surface area contributed by atoms with E-state index in [2.05, 4.69) is 17.6 Å². The molecule has 29 heavy (non-hydrogen) atoms. The number of fused-ring (bicyclic) bond motifs is 2. The van der Waals surface area contributed by atoms with Crippen LogP contribution in [0.15, 0.2) is 54.6 Å². The van der Waals surface area contributed by atoms with Crippen molar-refractivity contribution in [2.24, 2.45) is 0 Å². The fourth-order valence-corrected chi connectivity index (χ4v) is 4.41. The van der Waals surface area contributed by atoms with Crippen LogP contribution in [0.4, 0.5) is 4.79 Å². The molecule has 1 aliphatic heterocycles. The minimum absolute atomic E-state index is 0.143. The van der Waals surface area contributed by atoms with Crippen molar-refractivity contribution < 1.29 is 14.4 Å². The van der Waals surface area contributed by atoms with E-state index in [4.69, 9.17) is 0 Å². The summed E-state index contributed by atoms with van der Waals surface area (Å²) < 4.78 is 0. The molecule has 0 radical (unpaired) electrons. The first kappa shape index (κ1) is 19.2. The van der Waals surface area contributed by atoms with E-state index in [0.29, 0.717) is 6.42 Å². The lowest BCUT2D eigenvalue weighted by molar-refractivity contribution is -0.135. The first-order valence-electron chi connectivity index (χ1n) is 10.1. The highest BCUT2D eigenvalue weighted by Gasteiger charge is 2.55. The lowest BCUT2D eigenvalue weighted by atomic mass is 9.92. The molecule has 1 fully saturated rings. The van der Waals surface area contributed by atoms with Crippen LogP contribution in [-0.2, 0) is 21.5 Å². The Bertz CT molecular complexity index is 943. The van der Waals surface area contributed by atoms with Gasteiger partial charge >= 0.3 is 6.03 Å². The third kappa shape index (κ3) is 3.39. The van der Waals surface area contributed by atoms with Crippen LogP contribution < -0.4 is 10.6 Å². The molecule has 1 saturated heterocycles. The molecule has 4 amide bonds. The van der Waals surface area contributed by atoms with Gasteiger partial charge in [0.1, 0.15) is 12.1 Å². The van der Waals surface area contributed by atoms with E-state index in [1.165, 1.54) is 0 Å². The van der Waals surface area contributed by atoms with Gasteiger partial charge in [0.25, 0.3) is 5.91 Å². The standard InChI is InChI=1S/C23H25N3O3/c1-2-8-19(17-10-4-3-5-11-17)24-20(27)15-26-21(28)23(25-22(26)29)14-13-16-9-6-7-12-18(16)23/h3-7,9-12,19H,2,8,13-15H2,1H3,(H,24,27)(H,25,29). The first-order chi connectivity index (χ1) is 14.0. The number of aryl methyl sites for hydroxylation is 1. The van der Waals surface area contributed by atoms with Gasteiger partial charge in [0.15, 0.2) is 0 Å². The van der Waals surface area contributed by atoms with Crippen LogP contribution in [0.2, 0.25) is 0 Å². The number of urea groups is 1. The number of imide groups is 1. The molecule has 6 nitrogen and oxygen atoms in total. The number of nitrogens with zero attached hydrogens (tertiary/aromatic N) is 1. The van der Waals surface area contributed by atoms with Crippen LogP contribution in [0.5, 0.6) is 0 Å². The maximum Gasteiger partial charge on any atom is 0.325 e. The van der Waals surface area contributed by atoms with Crippen LogP contribution in [0.25, 0.3) is 0 Å². The van der Waals surface area contributed by atoms with Crippen LogP contribution >= 0.6 is 0 Å².